The standard InChI is InChI=1S/C23H26N4O/c1-25-15-13-24-22(25)20-10-6-7-11-21(20)23(28)26(2)16-18-12-14-27(17-18)19-8-4-3-5-9-19/h3-11,13,15,18H,12,14,16-17H2,1-2H3/t18-/m0/s1. The second-order valence-electron chi connectivity index (χ2n) is 7.53. The molecule has 1 fully saturated rings. The van der Waals surface area contributed by atoms with Crippen LogP contribution in [0, 0.1) is 5.92 Å². The fourth-order valence-electron chi connectivity index (χ4n) is 4.02. The lowest BCUT2D eigenvalue weighted by molar-refractivity contribution is 0.0777. The van der Waals surface area contributed by atoms with E-state index in [4.69, 9.17) is 0 Å². The van der Waals surface area contributed by atoms with Gasteiger partial charge in [0, 0.05) is 57.4 Å². The van der Waals surface area contributed by atoms with E-state index in [1.54, 1.807) is 6.20 Å². The first-order chi connectivity index (χ1) is 13.6. The average Bonchev–Trinajstić information content (AvgIpc) is 3.37. The molecule has 0 unspecified atom stereocenters. The molecule has 0 aliphatic carbocycles. The molecule has 0 bridgehead atoms. The zero-order chi connectivity index (χ0) is 19.5. The van der Waals surface area contributed by atoms with Gasteiger partial charge >= 0.3 is 0 Å². The molecule has 1 atom stereocenters. The fourth-order valence-corrected chi connectivity index (χ4v) is 4.02. The maximum Gasteiger partial charge on any atom is 0.254 e. The van der Waals surface area contributed by atoms with Crippen LogP contribution < -0.4 is 4.90 Å². The van der Waals surface area contributed by atoms with Crippen molar-refractivity contribution in [3.05, 3.63) is 72.6 Å². The van der Waals surface area contributed by atoms with Gasteiger partial charge < -0.3 is 14.4 Å². The third-order valence-electron chi connectivity index (χ3n) is 5.51. The number of carbonyl (C=O) groups excluding carboxylic acids is 1. The van der Waals surface area contributed by atoms with Crippen LogP contribution in [0.25, 0.3) is 11.4 Å². The van der Waals surface area contributed by atoms with E-state index in [1.165, 1.54) is 5.69 Å². The van der Waals surface area contributed by atoms with Crippen LogP contribution in [-0.2, 0) is 7.05 Å². The molecule has 2 aromatic carbocycles. The van der Waals surface area contributed by atoms with Gasteiger partial charge in [-0.05, 0) is 30.5 Å². The van der Waals surface area contributed by atoms with Crippen molar-refractivity contribution in [1.29, 1.82) is 0 Å². The van der Waals surface area contributed by atoms with Crippen LogP contribution in [0.4, 0.5) is 5.69 Å². The van der Waals surface area contributed by atoms with Crippen LogP contribution in [0.3, 0.4) is 0 Å². The highest BCUT2D eigenvalue weighted by molar-refractivity contribution is 6.00. The van der Waals surface area contributed by atoms with E-state index in [1.807, 2.05) is 60.1 Å². The van der Waals surface area contributed by atoms with E-state index in [0.29, 0.717) is 11.5 Å². The first-order valence-corrected chi connectivity index (χ1v) is 9.75. The number of imidazole rings is 1. The molecule has 28 heavy (non-hydrogen) atoms. The van der Waals surface area contributed by atoms with Crippen molar-refractivity contribution in [3.63, 3.8) is 0 Å². The first kappa shape index (κ1) is 18.3. The number of carbonyl (C=O) groups is 1. The van der Waals surface area contributed by atoms with Crippen LogP contribution in [0.5, 0.6) is 0 Å². The Kier molecular flexibility index (Phi) is 5.15. The van der Waals surface area contributed by atoms with Gasteiger partial charge in [-0.3, -0.25) is 4.79 Å². The van der Waals surface area contributed by atoms with Crippen LogP contribution in [0.1, 0.15) is 16.8 Å². The third kappa shape index (κ3) is 3.65. The summed E-state index contributed by atoms with van der Waals surface area (Å²) in [6, 6.07) is 18.2. The summed E-state index contributed by atoms with van der Waals surface area (Å²) in [5, 5.41) is 0. The molecule has 0 saturated carbocycles. The molecule has 5 nitrogen and oxygen atoms in total. The van der Waals surface area contributed by atoms with Crippen molar-refractivity contribution in [2.75, 3.05) is 31.6 Å². The van der Waals surface area contributed by atoms with Gasteiger partial charge in [-0.15, -0.1) is 0 Å². The fraction of sp³-hybridized carbons (Fsp3) is 0.304. The molecular weight excluding hydrogens is 348 g/mol. The Balaban J connectivity index is 1.46. The molecule has 4 rings (SSSR count). The van der Waals surface area contributed by atoms with Gasteiger partial charge in [0.2, 0.25) is 0 Å². The smallest absolute Gasteiger partial charge is 0.254 e. The second kappa shape index (κ2) is 7.89. The third-order valence-corrected chi connectivity index (χ3v) is 5.51. The van der Waals surface area contributed by atoms with Crippen molar-refractivity contribution in [2.45, 2.75) is 6.42 Å². The van der Waals surface area contributed by atoms with Crippen molar-refractivity contribution in [1.82, 2.24) is 14.5 Å². The number of hydrogen-bond donors (Lipinski definition) is 0. The molecule has 144 valence electrons. The van der Waals surface area contributed by atoms with E-state index in [9.17, 15) is 4.79 Å². The Morgan fingerprint density at radius 2 is 1.89 bits per heavy atom. The lowest BCUT2D eigenvalue weighted by atomic mass is 10.0. The summed E-state index contributed by atoms with van der Waals surface area (Å²) >= 11 is 0. The lowest BCUT2D eigenvalue weighted by Gasteiger charge is -2.23. The molecule has 1 aliphatic heterocycles. The highest BCUT2D eigenvalue weighted by Crippen LogP contribution is 2.26. The summed E-state index contributed by atoms with van der Waals surface area (Å²) in [7, 11) is 3.85. The van der Waals surface area contributed by atoms with Crippen molar-refractivity contribution >= 4 is 11.6 Å². The van der Waals surface area contributed by atoms with Gasteiger partial charge in [0.15, 0.2) is 0 Å². The zero-order valence-corrected chi connectivity index (χ0v) is 16.5. The molecule has 0 N–H and O–H groups in total. The number of aryl methyl sites for hydroxylation is 1. The molecule has 1 aliphatic rings. The van der Waals surface area contributed by atoms with Crippen LogP contribution >= 0.6 is 0 Å². The van der Waals surface area contributed by atoms with Gasteiger partial charge in [0.25, 0.3) is 5.91 Å². The molecule has 3 aromatic rings. The van der Waals surface area contributed by atoms with Crippen LogP contribution in [0.15, 0.2) is 67.0 Å². The second-order valence-corrected chi connectivity index (χ2v) is 7.53. The van der Waals surface area contributed by atoms with E-state index in [2.05, 4.69) is 34.1 Å². The summed E-state index contributed by atoms with van der Waals surface area (Å²) < 4.78 is 1.95. The average molecular weight is 374 g/mol. The Morgan fingerprint density at radius 1 is 1.14 bits per heavy atom. The van der Waals surface area contributed by atoms with E-state index in [-0.39, 0.29) is 5.91 Å². The number of benzene rings is 2. The summed E-state index contributed by atoms with van der Waals surface area (Å²) in [4.78, 5) is 21.9. The van der Waals surface area contributed by atoms with Crippen molar-refractivity contribution in [2.24, 2.45) is 13.0 Å². The molecule has 5 heteroatoms. The number of anilines is 1. The van der Waals surface area contributed by atoms with Crippen LogP contribution in [0.2, 0.25) is 0 Å². The largest absolute Gasteiger partial charge is 0.371 e. The highest BCUT2D eigenvalue weighted by Gasteiger charge is 2.26. The number of para-hydroxylation sites is 1. The predicted molar refractivity (Wildman–Crippen MR) is 112 cm³/mol. The molecular formula is C23H26N4O. The Bertz CT molecular complexity index is 950. The Hall–Kier alpha value is -3.08. The minimum absolute atomic E-state index is 0.0526. The lowest BCUT2D eigenvalue weighted by Crippen LogP contribution is -2.33. The van der Waals surface area contributed by atoms with E-state index in [0.717, 1.165) is 37.4 Å². The highest BCUT2D eigenvalue weighted by atomic mass is 16.2. The topological polar surface area (TPSA) is 41.4 Å². The number of nitrogens with zero attached hydrogens (tertiary/aromatic N) is 4. The summed E-state index contributed by atoms with van der Waals surface area (Å²) in [6.45, 7) is 2.79. The summed E-state index contributed by atoms with van der Waals surface area (Å²) in [6.07, 6.45) is 4.77. The number of rotatable bonds is 5. The minimum atomic E-state index is 0.0526. The Labute approximate surface area is 166 Å². The monoisotopic (exact) mass is 374 g/mol. The molecule has 1 aromatic heterocycles. The molecule has 0 spiro atoms. The van der Waals surface area contributed by atoms with E-state index < -0.39 is 0 Å². The van der Waals surface area contributed by atoms with Gasteiger partial charge in [-0.2, -0.15) is 0 Å². The molecule has 2 heterocycles. The quantitative estimate of drug-likeness (QED) is 0.684. The maximum atomic E-state index is 13.2. The molecule has 1 amide bonds. The first-order valence-electron chi connectivity index (χ1n) is 9.75. The van der Waals surface area contributed by atoms with Gasteiger partial charge in [-0.1, -0.05) is 36.4 Å². The van der Waals surface area contributed by atoms with Gasteiger partial charge in [-0.25, -0.2) is 4.98 Å². The van der Waals surface area contributed by atoms with Crippen LogP contribution in [-0.4, -0.2) is 47.0 Å². The molecule has 0 radical (unpaired) electrons. The normalized spacial score (nSPS) is 16.4. The van der Waals surface area contributed by atoms with Crippen molar-refractivity contribution in [3.8, 4) is 11.4 Å². The maximum absolute atomic E-state index is 13.2. The summed E-state index contributed by atoms with van der Waals surface area (Å²) in [5.41, 5.74) is 2.85. The number of hydrogen-bond acceptors (Lipinski definition) is 3. The molecule has 1 saturated heterocycles. The van der Waals surface area contributed by atoms with Crippen molar-refractivity contribution < 1.29 is 4.79 Å². The SMILES string of the molecule is CN(C[C@@H]1CCN(c2ccccc2)C1)C(=O)c1ccccc1-c1nccn1C. The van der Waals surface area contributed by atoms with E-state index >= 15 is 0 Å². The number of amides is 1. The number of aromatic nitrogens is 2. The Morgan fingerprint density at radius 3 is 2.64 bits per heavy atom. The summed E-state index contributed by atoms with van der Waals surface area (Å²) in [5.74, 6) is 1.35. The predicted octanol–water partition coefficient (Wildman–Crippen LogP) is 3.69. The van der Waals surface area contributed by atoms with Gasteiger partial charge in [0.1, 0.15) is 5.82 Å². The van der Waals surface area contributed by atoms with Gasteiger partial charge in [0.05, 0.1) is 5.56 Å². The minimum Gasteiger partial charge on any atom is -0.371 e. The zero-order valence-electron chi connectivity index (χ0n) is 16.5.